The third kappa shape index (κ3) is 5.06. The number of hydrogen-bond donors (Lipinski definition) is 1. The van der Waals surface area contributed by atoms with E-state index in [0.717, 1.165) is 38.2 Å². The van der Waals surface area contributed by atoms with Gasteiger partial charge in [0.25, 0.3) is 0 Å². The molecule has 1 N–H and O–H groups in total. The molecule has 0 spiro atoms. The second-order valence-electron chi connectivity index (χ2n) is 7.47. The third-order valence-electron chi connectivity index (χ3n) is 4.92. The molecule has 4 aromatic rings. The first-order valence-corrected chi connectivity index (χ1v) is 11.9. The molecule has 0 atom stereocenters. The monoisotopic (exact) mass is 448 g/mol. The smallest absolute Gasteiger partial charge is 0.234 e. The Hall–Kier alpha value is -2.90. The molecule has 2 heterocycles. The van der Waals surface area contributed by atoms with E-state index in [1.807, 2.05) is 49.6 Å². The summed E-state index contributed by atoms with van der Waals surface area (Å²) in [6, 6.07) is 18.4. The molecule has 0 saturated carbocycles. The van der Waals surface area contributed by atoms with E-state index in [1.54, 1.807) is 11.3 Å². The van der Waals surface area contributed by atoms with Gasteiger partial charge in [0.05, 0.1) is 17.2 Å². The number of carbonyl (C=O) groups is 1. The minimum atomic E-state index is -0.0491. The Labute approximate surface area is 190 Å². The van der Waals surface area contributed by atoms with Gasteiger partial charge in [-0.2, -0.15) is 0 Å². The average molecular weight is 449 g/mol. The largest absolute Gasteiger partial charge is 0.325 e. The Bertz CT molecular complexity index is 1160. The first kappa shape index (κ1) is 21.3. The van der Waals surface area contributed by atoms with Crippen LogP contribution in [0.25, 0.3) is 10.7 Å². The fraction of sp³-hybridized carbons (Fsp3) is 0.208. The summed E-state index contributed by atoms with van der Waals surface area (Å²) >= 11 is 3.04. The minimum absolute atomic E-state index is 0.0491. The maximum absolute atomic E-state index is 12.7. The molecule has 2 aromatic carbocycles. The highest BCUT2D eigenvalue weighted by molar-refractivity contribution is 7.99. The van der Waals surface area contributed by atoms with Gasteiger partial charge in [0.2, 0.25) is 5.91 Å². The summed E-state index contributed by atoms with van der Waals surface area (Å²) in [5.74, 6) is 1.04. The number of benzene rings is 2. The van der Waals surface area contributed by atoms with E-state index in [0.29, 0.717) is 6.54 Å². The standard InChI is InChI=1S/C24H24N4OS2/c1-16-12-17(2)22(18(3)13-16)25-21(29)15-31-24-27-26-23(20-10-7-11-30-20)28(24)14-19-8-5-4-6-9-19/h4-13H,14-15H2,1-3H3,(H,25,29). The van der Waals surface area contributed by atoms with Crippen molar-refractivity contribution in [2.24, 2.45) is 0 Å². The second-order valence-corrected chi connectivity index (χ2v) is 9.36. The van der Waals surface area contributed by atoms with E-state index in [-0.39, 0.29) is 11.7 Å². The summed E-state index contributed by atoms with van der Waals surface area (Å²) in [5, 5.41) is 14.7. The molecule has 0 fully saturated rings. The van der Waals surface area contributed by atoms with E-state index in [1.165, 1.54) is 17.3 Å². The zero-order chi connectivity index (χ0) is 21.8. The zero-order valence-electron chi connectivity index (χ0n) is 17.8. The number of carbonyl (C=O) groups excluding carboxylic acids is 1. The van der Waals surface area contributed by atoms with Crippen LogP contribution in [-0.4, -0.2) is 26.4 Å². The van der Waals surface area contributed by atoms with Crippen molar-refractivity contribution in [2.45, 2.75) is 32.5 Å². The molecule has 0 radical (unpaired) electrons. The zero-order valence-corrected chi connectivity index (χ0v) is 19.4. The number of thiophene rings is 1. The fourth-order valence-electron chi connectivity index (χ4n) is 3.57. The van der Waals surface area contributed by atoms with E-state index >= 15 is 0 Å². The Morgan fingerprint density at radius 3 is 2.45 bits per heavy atom. The van der Waals surface area contributed by atoms with Gasteiger partial charge in [-0.15, -0.1) is 21.5 Å². The maximum atomic E-state index is 12.7. The van der Waals surface area contributed by atoms with E-state index in [2.05, 4.69) is 51.3 Å². The number of nitrogens with zero attached hydrogens (tertiary/aromatic N) is 3. The highest BCUT2D eigenvalue weighted by Crippen LogP contribution is 2.28. The molecule has 1 amide bonds. The van der Waals surface area contributed by atoms with E-state index in [4.69, 9.17) is 0 Å². The van der Waals surface area contributed by atoms with Crippen LogP contribution in [0.4, 0.5) is 5.69 Å². The summed E-state index contributed by atoms with van der Waals surface area (Å²) < 4.78 is 2.08. The predicted molar refractivity (Wildman–Crippen MR) is 129 cm³/mol. The van der Waals surface area contributed by atoms with Gasteiger partial charge in [-0.25, -0.2) is 0 Å². The lowest BCUT2D eigenvalue weighted by molar-refractivity contribution is -0.113. The van der Waals surface area contributed by atoms with Gasteiger partial charge in [-0.05, 0) is 48.9 Å². The van der Waals surface area contributed by atoms with Crippen LogP contribution in [0, 0.1) is 20.8 Å². The van der Waals surface area contributed by atoms with Crippen molar-refractivity contribution in [1.29, 1.82) is 0 Å². The molecule has 7 heteroatoms. The van der Waals surface area contributed by atoms with Gasteiger partial charge in [-0.1, -0.05) is 65.9 Å². The second kappa shape index (κ2) is 9.49. The maximum Gasteiger partial charge on any atom is 0.234 e. The number of aryl methyl sites for hydroxylation is 3. The summed E-state index contributed by atoms with van der Waals surface area (Å²) in [6.07, 6.45) is 0. The van der Waals surface area contributed by atoms with Gasteiger partial charge in [0.15, 0.2) is 11.0 Å². The highest BCUT2D eigenvalue weighted by atomic mass is 32.2. The number of anilines is 1. The van der Waals surface area contributed by atoms with E-state index in [9.17, 15) is 4.79 Å². The normalized spacial score (nSPS) is 10.9. The van der Waals surface area contributed by atoms with Crippen molar-refractivity contribution in [3.8, 4) is 10.7 Å². The topological polar surface area (TPSA) is 59.8 Å². The number of rotatable bonds is 7. The molecule has 4 rings (SSSR count). The summed E-state index contributed by atoms with van der Waals surface area (Å²) in [5.41, 5.74) is 5.39. The molecular weight excluding hydrogens is 424 g/mol. The molecule has 158 valence electrons. The summed E-state index contributed by atoms with van der Waals surface area (Å²) in [4.78, 5) is 13.8. The van der Waals surface area contributed by atoms with Crippen LogP contribution in [0.5, 0.6) is 0 Å². The first-order valence-electron chi connectivity index (χ1n) is 10.0. The van der Waals surface area contributed by atoms with Crippen LogP contribution in [0.3, 0.4) is 0 Å². The molecule has 0 aliphatic carbocycles. The van der Waals surface area contributed by atoms with Crippen molar-refractivity contribution in [2.75, 3.05) is 11.1 Å². The van der Waals surface area contributed by atoms with Gasteiger partial charge < -0.3 is 5.32 Å². The average Bonchev–Trinajstić information content (AvgIpc) is 3.40. The quantitative estimate of drug-likeness (QED) is 0.368. The molecule has 0 saturated heterocycles. The van der Waals surface area contributed by atoms with Crippen molar-refractivity contribution >= 4 is 34.7 Å². The lowest BCUT2D eigenvalue weighted by Gasteiger charge is -2.13. The predicted octanol–water partition coefficient (Wildman–Crippen LogP) is 5.71. The number of thioether (sulfide) groups is 1. The molecule has 31 heavy (non-hydrogen) atoms. The summed E-state index contributed by atoms with van der Waals surface area (Å²) in [6.45, 7) is 6.76. The van der Waals surface area contributed by atoms with Crippen molar-refractivity contribution in [3.63, 3.8) is 0 Å². The molecule has 0 unspecified atom stereocenters. The van der Waals surface area contributed by atoms with Crippen molar-refractivity contribution in [1.82, 2.24) is 14.8 Å². The molecule has 2 aromatic heterocycles. The highest BCUT2D eigenvalue weighted by Gasteiger charge is 2.17. The van der Waals surface area contributed by atoms with Gasteiger partial charge in [0, 0.05) is 5.69 Å². The van der Waals surface area contributed by atoms with Crippen molar-refractivity contribution < 1.29 is 4.79 Å². The summed E-state index contributed by atoms with van der Waals surface area (Å²) in [7, 11) is 0. The molecule has 0 aliphatic rings. The van der Waals surface area contributed by atoms with Gasteiger partial charge in [-0.3, -0.25) is 9.36 Å². The SMILES string of the molecule is Cc1cc(C)c(NC(=O)CSc2nnc(-c3cccs3)n2Cc2ccccc2)c(C)c1. The Morgan fingerprint density at radius 2 is 1.77 bits per heavy atom. The van der Waals surface area contributed by atoms with Crippen LogP contribution < -0.4 is 5.32 Å². The van der Waals surface area contributed by atoms with Crippen LogP contribution in [0.1, 0.15) is 22.3 Å². The molecule has 0 aliphatic heterocycles. The van der Waals surface area contributed by atoms with Gasteiger partial charge in [0.1, 0.15) is 0 Å². The van der Waals surface area contributed by atoms with Crippen LogP contribution in [0.2, 0.25) is 0 Å². The fourth-order valence-corrected chi connectivity index (χ4v) is 5.03. The molecular formula is C24H24N4OS2. The lowest BCUT2D eigenvalue weighted by Crippen LogP contribution is -2.16. The number of nitrogens with one attached hydrogen (secondary N) is 1. The van der Waals surface area contributed by atoms with Crippen LogP contribution >= 0.6 is 23.1 Å². The Balaban J connectivity index is 1.52. The van der Waals surface area contributed by atoms with Crippen LogP contribution in [0.15, 0.2) is 65.1 Å². The number of amides is 1. The van der Waals surface area contributed by atoms with Gasteiger partial charge >= 0.3 is 0 Å². The Kier molecular flexibility index (Phi) is 6.53. The van der Waals surface area contributed by atoms with Crippen molar-refractivity contribution in [3.05, 3.63) is 82.2 Å². The molecule has 5 nitrogen and oxygen atoms in total. The first-order chi connectivity index (χ1) is 15.0. The molecule has 0 bridgehead atoms. The van der Waals surface area contributed by atoms with Crippen LogP contribution in [-0.2, 0) is 11.3 Å². The Morgan fingerprint density at radius 1 is 1.03 bits per heavy atom. The minimum Gasteiger partial charge on any atom is -0.325 e. The van der Waals surface area contributed by atoms with E-state index < -0.39 is 0 Å². The number of aromatic nitrogens is 3. The lowest BCUT2D eigenvalue weighted by atomic mass is 10.1. The number of hydrogen-bond acceptors (Lipinski definition) is 5. The third-order valence-corrected chi connectivity index (χ3v) is 6.75.